The maximum atomic E-state index is 5.99. The van der Waals surface area contributed by atoms with E-state index in [1.165, 1.54) is 0 Å². The normalized spacial score (nSPS) is 17.4. The van der Waals surface area contributed by atoms with Gasteiger partial charge in [-0.15, -0.1) is 0 Å². The molecule has 2 N–H and O–H groups in total. The molecule has 0 bridgehead atoms. The Hall–Kier alpha value is -1.30. The summed E-state index contributed by atoms with van der Waals surface area (Å²) in [6, 6.07) is 6.52. The highest BCUT2D eigenvalue weighted by Crippen LogP contribution is 2.33. The van der Waals surface area contributed by atoms with Crippen LogP contribution in [0.25, 0.3) is 0 Å². The van der Waals surface area contributed by atoms with Crippen LogP contribution in [0.1, 0.15) is 24.9 Å². The van der Waals surface area contributed by atoms with Crippen LogP contribution in [0.5, 0.6) is 11.5 Å². The van der Waals surface area contributed by atoms with Gasteiger partial charge < -0.3 is 19.9 Å². The second-order valence-electron chi connectivity index (χ2n) is 5.48. The fourth-order valence-corrected chi connectivity index (χ4v) is 2.59. The van der Waals surface area contributed by atoms with E-state index < -0.39 is 0 Å². The van der Waals surface area contributed by atoms with Crippen molar-refractivity contribution in [1.29, 1.82) is 0 Å². The van der Waals surface area contributed by atoms with Gasteiger partial charge in [0.2, 0.25) is 0 Å². The lowest BCUT2D eigenvalue weighted by atomic mass is 10.0. The standard InChI is InChI=1S/C16H26N2O3/c1-12(11-19-3)18(2)14(10-17)13-5-6-15-16(9-13)21-8-4-7-20-15/h5-6,9,12,14H,4,7-8,10-11,17H2,1-3H3. The predicted molar refractivity (Wildman–Crippen MR) is 82.9 cm³/mol. The zero-order valence-electron chi connectivity index (χ0n) is 13.2. The SMILES string of the molecule is COCC(C)N(C)C(CN)c1ccc2c(c1)OCCCO2. The topological polar surface area (TPSA) is 57.0 Å². The van der Waals surface area contributed by atoms with Crippen molar-refractivity contribution in [2.75, 3.05) is 40.5 Å². The van der Waals surface area contributed by atoms with Gasteiger partial charge in [0.05, 0.1) is 19.8 Å². The van der Waals surface area contributed by atoms with E-state index >= 15 is 0 Å². The van der Waals surface area contributed by atoms with Crippen molar-refractivity contribution < 1.29 is 14.2 Å². The quantitative estimate of drug-likeness (QED) is 0.867. The Bertz CT molecular complexity index is 453. The maximum Gasteiger partial charge on any atom is 0.161 e. The highest BCUT2D eigenvalue weighted by molar-refractivity contribution is 5.44. The monoisotopic (exact) mass is 294 g/mol. The van der Waals surface area contributed by atoms with Crippen LogP contribution in [0.3, 0.4) is 0 Å². The number of nitrogens with zero attached hydrogens (tertiary/aromatic N) is 1. The number of benzene rings is 1. The van der Waals surface area contributed by atoms with E-state index in [0.29, 0.717) is 32.4 Å². The molecule has 0 aromatic heterocycles. The molecule has 1 aliphatic rings. The third kappa shape index (κ3) is 3.87. The van der Waals surface area contributed by atoms with E-state index in [0.717, 1.165) is 23.5 Å². The van der Waals surface area contributed by atoms with Gasteiger partial charge in [0.1, 0.15) is 0 Å². The van der Waals surface area contributed by atoms with Crippen molar-refractivity contribution in [3.8, 4) is 11.5 Å². The average molecular weight is 294 g/mol. The van der Waals surface area contributed by atoms with Gasteiger partial charge in [0.25, 0.3) is 0 Å². The highest BCUT2D eigenvalue weighted by Gasteiger charge is 2.22. The first-order valence-corrected chi connectivity index (χ1v) is 7.47. The fraction of sp³-hybridized carbons (Fsp3) is 0.625. The van der Waals surface area contributed by atoms with Gasteiger partial charge in [0.15, 0.2) is 11.5 Å². The number of nitrogens with two attached hydrogens (primary N) is 1. The van der Waals surface area contributed by atoms with Crippen molar-refractivity contribution in [2.24, 2.45) is 5.73 Å². The molecule has 0 aliphatic carbocycles. The summed E-state index contributed by atoms with van der Waals surface area (Å²) in [4.78, 5) is 2.24. The van der Waals surface area contributed by atoms with E-state index in [1.807, 2.05) is 12.1 Å². The minimum absolute atomic E-state index is 0.132. The molecule has 5 nitrogen and oxygen atoms in total. The highest BCUT2D eigenvalue weighted by atomic mass is 16.5. The van der Waals surface area contributed by atoms with Crippen LogP contribution in [-0.4, -0.2) is 51.5 Å². The number of hydrogen-bond acceptors (Lipinski definition) is 5. The van der Waals surface area contributed by atoms with Gasteiger partial charge >= 0.3 is 0 Å². The summed E-state index contributed by atoms with van der Waals surface area (Å²) in [7, 11) is 3.79. The van der Waals surface area contributed by atoms with Crippen molar-refractivity contribution in [3.05, 3.63) is 23.8 Å². The molecule has 21 heavy (non-hydrogen) atoms. The van der Waals surface area contributed by atoms with E-state index in [2.05, 4.69) is 24.9 Å². The number of methoxy groups -OCH3 is 1. The molecular weight excluding hydrogens is 268 g/mol. The molecule has 0 spiro atoms. The first kappa shape index (κ1) is 16.1. The fourth-order valence-electron chi connectivity index (χ4n) is 2.59. The predicted octanol–water partition coefficient (Wildman–Crippen LogP) is 1.81. The second-order valence-corrected chi connectivity index (χ2v) is 5.48. The summed E-state index contributed by atoms with van der Waals surface area (Å²) in [5, 5.41) is 0. The second kappa shape index (κ2) is 7.64. The van der Waals surface area contributed by atoms with Gasteiger partial charge in [-0.05, 0) is 31.7 Å². The Morgan fingerprint density at radius 2 is 2.00 bits per heavy atom. The molecule has 2 unspecified atom stereocenters. The molecule has 118 valence electrons. The molecule has 0 amide bonds. The summed E-state index contributed by atoms with van der Waals surface area (Å²) >= 11 is 0. The summed E-state index contributed by atoms with van der Waals surface area (Å²) < 4.78 is 16.7. The summed E-state index contributed by atoms with van der Waals surface area (Å²) in [5.74, 6) is 1.64. The average Bonchev–Trinajstić information content (AvgIpc) is 2.73. The zero-order valence-corrected chi connectivity index (χ0v) is 13.2. The third-order valence-corrected chi connectivity index (χ3v) is 3.97. The van der Waals surface area contributed by atoms with Crippen LogP contribution in [0, 0.1) is 0 Å². The molecule has 0 saturated heterocycles. The van der Waals surface area contributed by atoms with Crippen LogP contribution in [0.15, 0.2) is 18.2 Å². The smallest absolute Gasteiger partial charge is 0.161 e. The van der Waals surface area contributed by atoms with Crippen LogP contribution in [-0.2, 0) is 4.74 Å². The Morgan fingerprint density at radius 1 is 1.29 bits per heavy atom. The lowest BCUT2D eigenvalue weighted by Gasteiger charge is -2.32. The molecule has 1 heterocycles. The van der Waals surface area contributed by atoms with Crippen LogP contribution < -0.4 is 15.2 Å². The molecule has 0 radical (unpaired) electrons. The maximum absolute atomic E-state index is 5.99. The molecule has 0 saturated carbocycles. The zero-order chi connectivity index (χ0) is 15.2. The number of rotatable bonds is 6. The largest absolute Gasteiger partial charge is 0.490 e. The van der Waals surface area contributed by atoms with E-state index in [1.54, 1.807) is 7.11 Å². The Morgan fingerprint density at radius 3 is 2.67 bits per heavy atom. The van der Waals surface area contributed by atoms with Gasteiger partial charge in [-0.1, -0.05) is 6.07 Å². The molecule has 1 aromatic rings. The molecule has 5 heteroatoms. The molecule has 0 fully saturated rings. The van der Waals surface area contributed by atoms with Crippen LogP contribution in [0.2, 0.25) is 0 Å². The summed E-state index contributed by atoms with van der Waals surface area (Å²) in [5.41, 5.74) is 7.14. The van der Waals surface area contributed by atoms with Crippen LogP contribution >= 0.6 is 0 Å². The number of fused-ring (bicyclic) bond motifs is 1. The van der Waals surface area contributed by atoms with Crippen molar-refractivity contribution >= 4 is 0 Å². The van der Waals surface area contributed by atoms with E-state index in [4.69, 9.17) is 19.9 Å². The van der Waals surface area contributed by atoms with Crippen molar-refractivity contribution in [2.45, 2.75) is 25.4 Å². The molecule has 2 rings (SSSR count). The van der Waals surface area contributed by atoms with Gasteiger partial charge in [-0.25, -0.2) is 0 Å². The first-order valence-electron chi connectivity index (χ1n) is 7.47. The van der Waals surface area contributed by atoms with Crippen LogP contribution in [0.4, 0.5) is 0 Å². The summed E-state index contributed by atoms with van der Waals surface area (Å²) in [6.07, 6.45) is 0.912. The lowest BCUT2D eigenvalue weighted by molar-refractivity contribution is 0.0909. The minimum Gasteiger partial charge on any atom is -0.490 e. The lowest BCUT2D eigenvalue weighted by Crippen LogP contribution is -2.39. The van der Waals surface area contributed by atoms with E-state index in [-0.39, 0.29) is 6.04 Å². The van der Waals surface area contributed by atoms with Crippen molar-refractivity contribution in [3.63, 3.8) is 0 Å². The van der Waals surface area contributed by atoms with Gasteiger partial charge in [-0.2, -0.15) is 0 Å². The molecular formula is C16H26N2O3. The van der Waals surface area contributed by atoms with Gasteiger partial charge in [0, 0.05) is 32.2 Å². The minimum atomic E-state index is 0.132. The first-order chi connectivity index (χ1) is 10.2. The number of ether oxygens (including phenoxy) is 3. The Labute approximate surface area is 127 Å². The number of likely N-dealkylation sites (N-methyl/N-ethyl adjacent to an activating group) is 1. The molecule has 1 aromatic carbocycles. The van der Waals surface area contributed by atoms with E-state index in [9.17, 15) is 0 Å². The Kier molecular flexibility index (Phi) is 5.85. The third-order valence-electron chi connectivity index (χ3n) is 3.97. The van der Waals surface area contributed by atoms with Crippen molar-refractivity contribution in [1.82, 2.24) is 4.90 Å². The Balaban J connectivity index is 2.20. The molecule has 2 atom stereocenters. The number of hydrogen-bond donors (Lipinski definition) is 1. The summed E-state index contributed by atoms with van der Waals surface area (Å²) in [6.45, 7) is 4.76. The molecule has 1 aliphatic heterocycles. The van der Waals surface area contributed by atoms with Gasteiger partial charge in [-0.3, -0.25) is 4.90 Å².